The molecule has 0 aliphatic carbocycles. The van der Waals surface area contributed by atoms with Crippen LogP contribution in [-0.4, -0.2) is 44.4 Å². The van der Waals surface area contributed by atoms with E-state index >= 15 is 0 Å². The maximum atomic E-state index is 11.8. The minimum atomic E-state index is -3.61. The highest BCUT2D eigenvalue weighted by atomic mass is 32.2. The Hall–Kier alpha value is -4.69. The summed E-state index contributed by atoms with van der Waals surface area (Å²) in [4.78, 5) is 21.1. The zero-order valence-corrected chi connectivity index (χ0v) is 18.6. The van der Waals surface area contributed by atoms with E-state index in [1.54, 1.807) is 24.3 Å². The first-order valence-electron chi connectivity index (χ1n) is 10.0. The Bertz CT molecular complexity index is 1690. The zero-order valence-electron chi connectivity index (χ0n) is 17.8. The number of anilines is 1. The lowest BCUT2D eigenvalue weighted by molar-refractivity contribution is 0.606. The van der Waals surface area contributed by atoms with Crippen LogP contribution in [-0.2, 0) is 10.0 Å². The standard InChI is InChI=1S/C23H16N8O2S/c1-24-19-9-5-8-17(13-19)20-27-21(18-11-10-15-6-3-4-7-16(15)12-18)29-23(28-20)31-22(25-14-26-31)30-34(2,32)33/h3-14H,2H3,(H,25,26,30). The summed E-state index contributed by atoms with van der Waals surface area (Å²) in [5, 5.41) is 6.18. The molecule has 0 aliphatic rings. The van der Waals surface area contributed by atoms with Crippen LogP contribution in [0.5, 0.6) is 0 Å². The molecule has 0 unspecified atom stereocenters. The molecule has 2 aromatic heterocycles. The van der Waals surface area contributed by atoms with Crippen molar-refractivity contribution in [2.24, 2.45) is 0 Å². The Kier molecular flexibility index (Phi) is 5.19. The third kappa shape index (κ3) is 4.30. The summed E-state index contributed by atoms with van der Waals surface area (Å²) >= 11 is 0. The van der Waals surface area contributed by atoms with Crippen LogP contribution in [0.25, 0.3) is 44.3 Å². The van der Waals surface area contributed by atoms with Gasteiger partial charge >= 0.3 is 0 Å². The van der Waals surface area contributed by atoms with Crippen LogP contribution in [0.3, 0.4) is 0 Å². The molecule has 166 valence electrons. The number of sulfonamides is 1. The number of hydrogen-bond donors (Lipinski definition) is 1. The molecule has 0 spiro atoms. The summed E-state index contributed by atoms with van der Waals surface area (Å²) in [7, 11) is -3.61. The van der Waals surface area contributed by atoms with Crippen LogP contribution in [0, 0.1) is 6.57 Å². The van der Waals surface area contributed by atoms with Gasteiger partial charge in [-0.15, -0.1) is 0 Å². The Morgan fingerprint density at radius 3 is 2.35 bits per heavy atom. The number of aromatic nitrogens is 6. The molecule has 0 radical (unpaired) electrons. The molecule has 5 rings (SSSR count). The third-order valence-corrected chi connectivity index (χ3v) is 5.43. The lowest BCUT2D eigenvalue weighted by Crippen LogP contribution is -2.16. The van der Waals surface area contributed by atoms with Gasteiger partial charge < -0.3 is 0 Å². The van der Waals surface area contributed by atoms with Crippen molar-refractivity contribution in [3.63, 3.8) is 0 Å². The molecular weight excluding hydrogens is 452 g/mol. The van der Waals surface area contributed by atoms with E-state index in [-0.39, 0.29) is 11.9 Å². The van der Waals surface area contributed by atoms with Gasteiger partial charge in [-0.05, 0) is 22.9 Å². The van der Waals surface area contributed by atoms with Gasteiger partial charge in [0, 0.05) is 11.1 Å². The molecule has 0 atom stereocenters. The monoisotopic (exact) mass is 468 g/mol. The van der Waals surface area contributed by atoms with Crippen molar-refractivity contribution in [2.75, 3.05) is 11.0 Å². The molecule has 0 bridgehead atoms. The highest BCUT2D eigenvalue weighted by Crippen LogP contribution is 2.27. The Labute approximate surface area is 194 Å². The molecule has 0 saturated heterocycles. The van der Waals surface area contributed by atoms with Gasteiger partial charge in [0.1, 0.15) is 6.33 Å². The van der Waals surface area contributed by atoms with Gasteiger partial charge in [-0.2, -0.15) is 24.7 Å². The van der Waals surface area contributed by atoms with E-state index in [0.717, 1.165) is 22.6 Å². The molecule has 2 heterocycles. The van der Waals surface area contributed by atoms with Gasteiger partial charge in [0.25, 0.3) is 5.95 Å². The summed E-state index contributed by atoms with van der Waals surface area (Å²) in [6.45, 7) is 7.31. The number of nitrogens with one attached hydrogen (secondary N) is 1. The number of fused-ring (bicyclic) bond motifs is 1. The topological polar surface area (TPSA) is 120 Å². The minimum Gasteiger partial charge on any atom is -0.251 e. The van der Waals surface area contributed by atoms with Gasteiger partial charge in [-0.3, -0.25) is 4.72 Å². The molecule has 10 nitrogen and oxygen atoms in total. The fraction of sp³-hybridized carbons (Fsp3) is 0.0435. The number of hydrogen-bond acceptors (Lipinski definition) is 7. The number of nitrogens with zero attached hydrogens (tertiary/aromatic N) is 7. The largest absolute Gasteiger partial charge is 0.257 e. The predicted molar refractivity (Wildman–Crippen MR) is 128 cm³/mol. The van der Waals surface area contributed by atoms with Crippen LogP contribution >= 0.6 is 0 Å². The van der Waals surface area contributed by atoms with Crippen molar-refractivity contribution in [1.82, 2.24) is 29.7 Å². The number of rotatable bonds is 5. The summed E-state index contributed by atoms with van der Waals surface area (Å²) in [6, 6.07) is 20.6. The van der Waals surface area contributed by atoms with Gasteiger partial charge in [-0.1, -0.05) is 54.6 Å². The van der Waals surface area contributed by atoms with Crippen LogP contribution in [0.15, 0.2) is 73.1 Å². The smallest absolute Gasteiger partial charge is 0.251 e. The number of benzene rings is 3. The van der Waals surface area contributed by atoms with Crippen molar-refractivity contribution < 1.29 is 8.42 Å². The Balaban J connectivity index is 1.72. The van der Waals surface area contributed by atoms with Gasteiger partial charge in [0.05, 0.1) is 12.8 Å². The molecule has 0 fully saturated rings. The maximum absolute atomic E-state index is 11.8. The van der Waals surface area contributed by atoms with E-state index in [1.807, 2.05) is 42.5 Å². The second kappa shape index (κ2) is 8.34. The van der Waals surface area contributed by atoms with Crippen molar-refractivity contribution in [2.45, 2.75) is 0 Å². The zero-order chi connectivity index (χ0) is 23.7. The van der Waals surface area contributed by atoms with Gasteiger partial charge in [0.2, 0.25) is 16.0 Å². The van der Waals surface area contributed by atoms with Crippen LogP contribution in [0.1, 0.15) is 0 Å². The maximum Gasteiger partial charge on any atom is 0.257 e. The van der Waals surface area contributed by atoms with E-state index in [1.165, 1.54) is 11.0 Å². The summed E-state index contributed by atoms with van der Waals surface area (Å²) in [5.74, 6) is 0.684. The van der Waals surface area contributed by atoms with Crippen molar-refractivity contribution in [1.29, 1.82) is 0 Å². The van der Waals surface area contributed by atoms with E-state index in [2.05, 4.69) is 34.6 Å². The normalized spacial score (nSPS) is 11.3. The SMILES string of the molecule is [C-]#[N+]c1cccc(-c2nc(-c3ccc4ccccc4c3)nc(-n3ncnc3NS(C)(=O)=O)n2)c1. The van der Waals surface area contributed by atoms with E-state index in [4.69, 9.17) is 6.57 Å². The van der Waals surface area contributed by atoms with Crippen LogP contribution in [0.4, 0.5) is 11.6 Å². The molecule has 0 amide bonds. The molecule has 0 aliphatic heterocycles. The highest BCUT2D eigenvalue weighted by Gasteiger charge is 2.17. The fourth-order valence-electron chi connectivity index (χ4n) is 3.38. The van der Waals surface area contributed by atoms with Crippen molar-refractivity contribution >= 4 is 32.4 Å². The summed E-state index contributed by atoms with van der Waals surface area (Å²) in [5.41, 5.74) is 1.78. The van der Waals surface area contributed by atoms with E-state index in [0.29, 0.717) is 22.9 Å². The lowest BCUT2D eigenvalue weighted by atomic mass is 10.1. The first-order chi connectivity index (χ1) is 16.4. The Morgan fingerprint density at radius 2 is 1.62 bits per heavy atom. The molecule has 3 aromatic carbocycles. The first-order valence-corrected chi connectivity index (χ1v) is 11.9. The lowest BCUT2D eigenvalue weighted by Gasteiger charge is -2.10. The molecule has 0 saturated carbocycles. The van der Waals surface area contributed by atoms with E-state index < -0.39 is 10.0 Å². The third-order valence-electron chi connectivity index (χ3n) is 4.88. The predicted octanol–water partition coefficient (Wildman–Crippen LogP) is 3.86. The average Bonchev–Trinajstić information content (AvgIpc) is 3.30. The molecule has 5 aromatic rings. The van der Waals surface area contributed by atoms with Crippen LogP contribution in [0.2, 0.25) is 0 Å². The average molecular weight is 469 g/mol. The van der Waals surface area contributed by atoms with Crippen molar-refractivity contribution in [3.8, 4) is 28.7 Å². The van der Waals surface area contributed by atoms with Crippen LogP contribution < -0.4 is 4.72 Å². The van der Waals surface area contributed by atoms with Gasteiger partial charge in [0.15, 0.2) is 17.3 Å². The Morgan fingerprint density at radius 1 is 0.882 bits per heavy atom. The van der Waals surface area contributed by atoms with Gasteiger partial charge in [-0.25, -0.2) is 18.2 Å². The minimum absolute atomic E-state index is 0.0565. The summed E-state index contributed by atoms with van der Waals surface area (Å²) in [6.07, 6.45) is 2.22. The summed E-state index contributed by atoms with van der Waals surface area (Å²) < 4.78 is 27.1. The fourth-order valence-corrected chi connectivity index (χ4v) is 3.85. The van der Waals surface area contributed by atoms with E-state index in [9.17, 15) is 8.42 Å². The first kappa shape index (κ1) is 21.2. The highest BCUT2D eigenvalue weighted by molar-refractivity contribution is 7.92. The molecule has 34 heavy (non-hydrogen) atoms. The van der Waals surface area contributed by atoms with Crippen molar-refractivity contribution in [3.05, 3.63) is 84.5 Å². The second-order valence-corrected chi connectivity index (χ2v) is 9.12. The molecule has 1 N–H and O–H groups in total. The second-order valence-electron chi connectivity index (χ2n) is 7.38. The molecule has 11 heteroatoms. The quantitative estimate of drug-likeness (QED) is 0.389. The molecular formula is C23H16N8O2S.